The number of carbonyl (C=O) groups is 1. The van der Waals surface area contributed by atoms with Gasteiger partial charge >= 0.3 is 192 Å². The summed E-state index contributed by atoms with van der Waals surface area (Å²) >= 11 is -2.87. The summed E-state index contributed by atoms with van der Waals surface area (Å²) in [6, 6.07) is 3.08. The Kier molecular flexibility index (Phi) is 12.5. The Bertz CT molecular complexity index is 877. The Morgan fingerprint density at radius 3 is 2.74 bits per heavy atom. The second-order valence-electron chi connectivity index (χ2n) is 6.75. The molecule has 9 heteroatoms. The molecule has 1 aromatic rings. The number of nitrogens with one attached hydrogen (secondary N) is 3. The van der Waals surface area contributed by atoms with E-state index >= 15 is 0 Å². The van der Waals surface area contributed by atoms with Gasteiger partial charge in [-0.3, -0.25) is 0 Å². The van der Waals surface area contributed by atoms with Crippen LogP contribution in [0.15, 0.2) is 55.9 Å². The molecule has 0 aliphatic heterocycles. The minimum absolute atomic E-state index is 0.0398. The SMILES string of the molecule is C=N/C(=C\NCC(=O)NC(/C=C\CC)=C(\N(C)CCCC)I(C)F)c1cc[nH]c(=O)c1. The van der Waals surface area contributed by atoms with Gasteiger partial charge in [0.15, 0.2) is 0 Å². The number of rotatable bonds is 13. The third-order valence-corrected chi connectivity index (χ3v) is 7.00. The van der Waals surface area contributed by atoms with E-state index in [1.165, 1.54) is 18.5 Å². The molecule has 172 valence electrons. The molecule has 0 atom stereocenters. The van der Waals surface area contributed by atoms with Crippen molar-refractivity contribution in [3.8, 4) is 0 Å². The molecule has 1 amide bonds. The van der Waals surface area contributed by atoms with E-state index in [0.717, 1.165) is 25.8 Å². The quantitative estimate of drug-likeness (QED) is 0.115. The van der Waals surface area contributed by atoms with Gasteiger partial charge in [-0.15, -0.1) is 0 Å². The van der Waals surface area contributed by atoms with Gasteiger partial charge < -0.3 is 0 Å². The Morgan fingerprint density at radius 2 is 2.16 bits per heavy atom. The molecule has 0 radical (unpaired) electrons. The van der Waals surface area contributed by atoms with Gasteiger partial charge in [-0.05, 0) is 0 Å². The van der Waals surface area contributed by atoms with Gasteiger partial charge in [0.1, 0.15) is 0 Å². The van der Waals surface area contributed by atoms with Crippen LogP contribution >= 0.6 is 20.4 Å². The third-order valence-electron chi connectivity index (χ3n) is 4.19. The first-order valence-electron chi connectivity index (χ1n) is 10.1. The fourth-order valence-electron chi connectivity index (χ4n) is 2.69. The molecule has 0 saturated heterocycles. The van der Waals surface area contributed by atoms with Gasteiger partial charge in [-0.25, -0.2) is 0 Å². The number of unbranched alkanes of at least 4 members (excludes halogenated alkanes) is 1. The Labute approximate surface area is 191 Å². The van der Waals surface area contributed by atoms with Gasteiger partial charge in [0, 0.05) is 0 Å². The molecule has 31 heavy (non-hydrogen) atoms. The summed E-state index contributed by atoms with van der Waals surface area (Å²) in [7, 11) is 1.87. The molecule has 3 N–H and O–H groups in total. The fraction of sp³-hybridized carbons (Fsp3) is 0.409. The van der Waals surface area contributed by atoms with Crippen molar-refractivity contribution in [2.45, 2.75) is 33.1 Å². The predicted molar refractivity (Wildman–Crippen MR) is 136 cm³/mol. The molecule has 1 aromatic heterocycles. The number of pyridine rings is 1. The molecule has 0 unspecified atom stereocenters. The molecular weight excluding hydrogens is 512 g/mol. The van der Waals surface area contributed by atoms with E-state index in [1.807, 2.05) is 24.9 Å². The molecule has 1 heterocycles. The van der Waals surface area contributed by atoms with Crippen LogP contribution in [-0.2, 0) is 4.79 Å². The van der Waals surface area contributed by atoms with Crippen molar-refractivity contribution in [2.75, 3.05) is 25.1 Å². The predicted octanol–water partition coefficient (Wildman–Crippen LogP) is 3.97. The summed E-state index contributed by atoms with van der Waals surface area (Å²) in [6.45, 7) is 8.28. The van der Waals surface area contributed by atoms with Gasteiger partial charge in [-0.1, -0.05) is 0 Å². The summed E-state index contributed by atoms with van der Waals surface area (Å²) in [4.78, 5) is 34.0. The van der Waals surface area contributed by atoms with Crippen LogP contribution in [-0.4, -0.2) is 47.6 Å². The topological polar surface area (TPSA) is 89.6 Å². The van der Waals surface area contributed by atoms with Crippen LogP contribution in [0, 0.1) is 0 Å². The number of aromatic nitrogens is 1. The number of H-pyrrole nitrogens is 1. The first-order valence-corrected chi connectivity index (χ1v) is 14.2. The van der Waals surface area contributed by atoms with Crippen molar-refractivity contribution in [1.29, 1.82) is 0 Å². The second-order valence-corrected chi connectivity index (χ2v) is 10.1. The number of allylic oxidation sites excluding steroid dienone is 2. The van der Waals surface area contributed by atoms with E-state index in [2.05, 4.69) is 34.3 Å². The van der Waals surface area contributed by atoms with Crippen LogP contribution in [0.5, 0.6) is 0 Å². The standard InChI is InChI=1S/C22H33FIN5O2/c1-6-8-10-18(22(24(3)23)29(5)13-9-7-2)28-21(31)16-26-15-19(25-4)17-11-12-27-20(30)14-17/h8,10-12,14-15,26H,4,6-7,9,13,16H2,1-3,5H3,(H,27,30)(H,28,31)/b10-8-,19-15-,22-18-. The number of halogens is 2. The number of nitrogens with zero attached hydrogens (tertiary/aromatic N) is 2. The number of aliphatic imine (C=N–C) groups is 1. The average Bonchev–Trinajstić information content (AvgIpc) is 2.73. The first kappa shape index (κ1) is 26.6. The number of amides is 1. The average molecular weight is 545 g/mol. The summed E-state index contributed by atoms with van der Waals surface area (Å²) in [5, 5.41) is 5.74. The van der Waals surface area contributed by atoms with E-state index in [4.69, 9.17) is 0 Å². The van der Waals surface area contributed by atoms with Crippen molar-refractivity contribution < 1.29 is 7.65 Å². The molecule has 7 nitrogen and oxygen atoms in total. The summed E-state index contributed by atoms with van der Waals surface area (Å²) in [6.07, 6.45) is 9.47. The number of hydrogen-bond donors (Lipinski definition) is 3. The fourth-order valence-corrected chi connectivity index (χ4v) is 5.19. The molecular formula is C22H33FIN5O2. The molecule has 1 rings (SSSR count). The number of alkyl halides is 1. The Morgan fingerprint density at radius 1 is 1.42 bits per heavy atom. The molecule has 0 fully saturated rings. The molecule has 0 aliphatic carbocycles. The van der Waals surface area contributed by atoms with E-state index in [0.29, 0.717) is 20.7 Å². The normalized spacial score (nSPS) is 12.9. The zero-order valence-electron chi connectivity index (χ0n) is 18.7. The molecule has 0 saturated carbocycles. The van der Waals surface area contributed by atoms with Crippen molar-refractivity contribution in [2.24, 2.45) is 4.99 Å². The van der Waals surface area contributed by atoms with E-state index in [1.54, 1.807) is 17.1 Å². The Balaban J connectivity index is 2.97. The molecule has 0 aromatic carbocycles. The van der Waals surface area contributed by atoms with Crippen LogP contribution in [0.1, 0.15) is 38.7 Å². The maximum atomic E-state index is 14.6. The maximum absolute atomic E-state index is 14.6. The molecule has 0 aliphatic rings. The van der Waals surface area contributed by atoms with Crippen molar-refractivity contribution >= 4 is 38.7 Å². The van der Waals surface area contributed by atoms with Crippen LogP contribution in [0.2, 0.25) is 0 Å². The summed E-state index contributed by atoms with van der Waals surface area (Å²) in [5.74, 6) is -0.305. The van der Waals surface area contributed by atoms with E-state index in [9.17, 15) is 12.4 Å². The molecule has 0 bridgehead atoms. The van der Waals surface area contributed by atoms with Crippen LogP contribution in [0.25, 0.3) is 5.70 Å². The van der Waals surface area contributed by atoms with Gasteiger partial charge in [0.2, 0.25) is 0 Å². The van der Waals surface area contributed by atoms with Crippen LogP contribution in [0.4, 0.5) is 2.86 Å². The summed E-state index contributed by atoms with van der Waals surface area (Å²) in [5.41, 5.74) is 1.28. The van der Waals surface area contributed by atoms with Crippen LogP contribution in [0.3, 0.4) is 0 Å². The van der Waals surface area contributed by atoms with Crippen molar-refractivity contribution in [1.82, 2.24) is 20.5 Å². The van der Waals surface area contributed by atoms with E-state index < -0.39 is 20.4 Å². The molecule has 0 spiro atoms. The zero-order valence-corrected chi connectivity index (χ0v) is 20.8. The van der Waals surface area contributed by atoms with Crippen molar-refractivity contribution in [3.05, 3.63) is 62.0 Å². The van der Waals surface area contributed by atoms with Crippen LogP contribution < -0.4 is 16.2 Å². The number of aromatic amines is 1. The van der Waals surface area contributed by atoms with Gasteiger partial charge in [0.05, 0.1) is 0 Å². The monoisotopic (exact) mass is 545 g/mol. The first-order chi connectivity index (χ1) is 14.8. The number of carbonyl (C=O) groups excluding carboxylic acids is 1. The zero-order chi connectivity index (χ0) is 23.2. The second kappa shape index (κ2) is 14.6. The van der Waals surface area contributed by atoms with Gasteiger partial charge in [-0.2, -0.15) is 0 Å². The van der Waals surface area contributed by atoms with Crippen molar-refractivity contribution in [3.63, 3.8) is 0 Å². The Hall–Kier alpha value is -2.43. The minimum atomic E-state index is -2.87. The van der Waals surface area contributed by atoms with Gasteiger partial charge in [0.25, 0.3) is 0 Å². The number of hydrogen-bond acceptors (Lipinski definition) is 5. The summed E-state index contributed by atoms with van der Waals surface area (Å²) < 4.78 is 15.2. The third kappa shape index (κ3) is 9.50. The van der Waals surface area contributed by atoms with E-state index in [-0.39, 0.29) is 18.0 Å².